The summed E-state index contributed by atoms with van der Waals surface area (Å²) in [7, 11) is -2.56. The van der Waals surface area contributed by atoms with Gasteiger partial charge in [-0.1, -0.05) is 12.1 Å². The van der Waals surface area contributed by atoms with Crippen LogP contribution in [0.1, 0.15) is 67.4 Å². The summed E-state index contributed by atoms with van der Waals surface area (Å²) in [6.07, 6.45) is -3.50. The Balaban J connectivity index is 1.61. The number of carbonyl (C=O) groups excluding carboxylic acids is 2. The molecule has 0 saturated heterocycles. The molecule has 4 atom stereocenters. The predicted molar refractivity (Wildman–Crippen MR) is 187 cm³/mol. The molecule has 1 aromatic heterocycles. The molecule has 17 heteroatoms. The molecule has 2 aromatic carbocycles. The minimum absolute atomic E-state index is 0.0164. The van der Waals surface area contributed by atoms with Gasteiger partial charge < -0.3 is 34.6 Å². The fourth-order valence-corrected chi connectivity index (χ4v) is 7.32. The van der Waals surface area contributed by atoms with Crippen LogP contribution in [0.15, 0.2) is 51.9 Å². The third-order valence-electron chi connectivity index (χ3n) is 8.85. The maximum atomic E-state index is 14.4. The Kier molecular flexibility index (Phi) is 13.3. The van der Waals surface area contributed by atoms with E-state index in [9.17, 15) is 36.3 Å². The number of urea groups is 1. The molecule has 52 heavy (non-hydrogen) atoms. The quantitative estimate of drug-likeness (QED) is 0.248. The number of anilines is 2. The van der Waals surface area contributed by atoms with Crippen LogP contribution in [0.25, 0.3) is 0 Å². The Morgan fingerprint density at radius 1 is 1.10 bits per heavy atom. The second-order valence-electron chi connectivity index (χ2n) is 13.1. The number of amides is 3. The van der Waals surface area contributed by atoms with Gasteiger partial charge in [-0.25, -0.2) is 13.2 Å². The van der Waals surface area contributed by atoms with E-state index in [0.29, 0.717) is 19.4 Å². The third-order valence-corrected chi connectivity index (χ3v) is 10.9. The summed E-state index contributed by atoms with van der Waals surface area (Å²) in [6.45, 7) is 8.41. The number of fused-ring (bicyclic) bond motifs is 1. The van der Waals surface area contributed by atoms with E-state index in [0.717, 1.165) is 30.7 Å². The van der Waals surface area contributed by atoms with Crippen molar-refractivity contribution in [2.45, 2.75) is 83.2 Å². The summed E-state index contributed by atoms with van der Waals surface area (Å²) < 4.78 is 84.8. The lowest BCUT2D eigenvalue weighted by Gasteiger charge is -2.35. The first kappa shape index (κ1) is 40.6. The Labute approximate surface area is 301 Å². The standard InChI is InChI=1S/C35H46F3N5O8S/c1-21-18-43(22(2)20-44)33(45)29-17-28(40-34(46)39-27-12-10-26(11-13-27)35(36,37)38)14-15-30(29)50-23(3)9-7-8-16-49-31(21)19-42(6)52(47,48)32-24(4)41-51-25(32)5/h10-15,17,21-23,31,44H,7-9,16,18-20H2,1-6H3,(H2,39,40,46)/t21-,22-,23+,31-/m1/s1. The van der Waals surface area contributed by atoms with Crippen molar-refractivity contribution in [1.29, 1.82) is 0 Å². The molecule has 1 aliphatic rings. The average molecular weight is 754 g/mol. The summed E-state index contributed by atoms with van der Waals surface area (Å²) in [4.78, 5) is 28.6. The number of aliphatic hydroxyl groups is 1. The normalized spacial score (nSPS) is 20.1. The Morgan fingerprint density at radius 2 is 1.75 bits per heavy atom. The van der Waals surface area contributed by atoms with Crippen LogP contribution < -0.4 is 15.4 Å². The molecule has 3 aromatic rings. The second-order valence-corrected chi connectivity index (χ2v) is 15.1. The van der Waals surface area contributed by atoms with Crippen molar-refractivity contribution in [2.75, 3.05) is 44.0 Å². The topological polar surface area (TPSA) is 164 Å². The van der Waals surface area contributed by atoms with Crippen LogP contribution >= 0.6 is 0 Å². The zero-order valence-electron chi connectivity index (χ0n) is 30.0. The van der Waals surface area contributed by atoms with Crippen LogP contribution in [0.4, 0.5) is 29.3 Å². The number of ether oxygens (including phenoxy) is 2. The van der Waals surface area contributed by atoms with Crippen molar-refractivity contribution in [3.05, 3.63) is 65.0 Å². The summed E-state index contributed by atoms with van der Waals surface area (Å²) in [5.74, 6) is -0.528. The number of nitrogens with zero attached hydrogens (tertiary/aromatic N) is 3. The van der Waals surface area contributed by atoms with Crippen LogP contribution in [0.3, 0.4) is 0 Å². The maximum Gasteiger partial charge on any atom is 0.416 e. The molecule has 0 saturated carbocycles. The van der Waals surface area contributed by atoms with Gasteiger partial charge in [0.15, 0.2) is 5.76 Å². The highest BCUT2D eigenvalue weighted by Gasteiger charge is 2.35. The Morgan fingerprint density at radius 3 is 2.37 bits per heavy atom. The van der Waals surface area contributed by atoms with E-state index in [1.165, 1.54) is 35.3 Å². The van der Waals surface area contributed by atoms with E-state index in [1.54, 1.807) is 19.9 Å². The number of halogens is 3. The van der Waals surface area contributed by atoms with Crippen LogP contribution in [-0.2, 0) is 20.9 Å². The average Bonchev–Trinajstić information content (AvgIpc) is 3.43. The molecule has 0 fully saturated rings. The minimum atomic E-state index is -4.52. The van der Waals surface area contributed by atoms with E-state index in [1.807, 2.05) is 13.8 Å². The number of nitrogens with one attached hydrogen (secondary N) is 2. The highest BCUT2D eigenvalue weighted by Crippen LogP contribution is 2.31. The fourth-order valence-electron chi connectivity index (χ4n) is 5.85. The molecule has 0 unspecified atom stereocenters. The molecule has 0 bridgehead atoms. The molecule has 0 radical (unpaired) electrons. The van der Waals surface area contributed by atoms with Crippen molar-refractivity contribution in [3.63, 3.8) is 0 Å². The molecule has 3 N–H and O–H groups in total. The van der Waals surface area contributed by atoms with Gasteiger partial charge in [0.25, 0.3) is 5.91 Å². The lowest BCUT2D eigenvalue weighted by Crippen LogP contribution is -2.48. The first-order valence-electron chi connectivity index (χ1n) is 16.9. The Bertz CT molecular complexity index is 1780. The molecule has 2 heterocycles. The summed E-state index contributed by atoms with van der Waals surface area (Å²) in [5.41, 5.74) is -0.208. The molecule has 3 amide bonds. The van der Waals surface area contributed by atoms with E-state index in [2.05, 4.69) is 15.8 Å². The van der Waals surface area contributed by atoms with Gasteiger partial charge in [0.1, 0.15) is 16.3 Å². The van der Waals surface area contributed by atoms with Crippen LogP contribution in [0.2, 0.25) is 0 Å². The maximum absolute atomic E-state index is 14.4. The number of aromatic nitrogens is 1. The van der Waals surface area contributed by atoms with Gasteiger partial charge in [0.2, 0.25) is 10.0 Å². The highest BCUT2D eigenvalue weighted by atomic mass is 32.2. The van der Waals surface area contributed by atoms with Gasteiger partial charge in [0.05, 0.1) is 36.0 Å². The largest absolute Gasteiger partial charge is 0.490 e. The smallest absolute Gasteiger partial charge is 0.416 e. The predicted octanol–water partition coefficient (Wildman–Crippen LogP) is 6.07. The summed E-state index contributed by atoms with van der Waals surface area (Å²) >= 11 is 0. The van der Waals surface area contributed by atoms with Gasteiger partial charge in [-0.05, 0) is 89.4 Å². The summed E-state index contributed by atoms with van der Waals surface area (Å²) in [5, 5.41) is 19.1. The zero-order chi connectivity index (χ0) is 38.4. The number of benzene rings is 2. The number of likely N-dealkylation sites (N-methyl/N-ethyl adjacent to an activating group) is 1. The van der Waals surface area contributed by atoms with Gasteiger partial charge in [-0.15, -0.1) is 0 Å². The number of alkyl halides is 3. The lowest BCUT2D eigenvalue weighted by molar-refractivity contribution is -0.137. The minimum Gasteiger partial charge on any atom is -0.490 e. The first-order chi connectivity index (χ1) is 24.4. The van der Waals surface area contributed by atoms with Crippen molar-refractivity contribution < 1.29 is 50.3 Å². The first-order valence-corrected chi connectivity index (χ1v) is 18.3. The SMILES string of the molecule is Cc1noc(C)c1S(=O)(=O)N(C)C[C@H]1OCCCC[C@H](C)Oc2ccc(NC(=O)Nc3ccc(C(F)(F)F)cc3)cc2C(=O)N([C@H](C)CO)C[C@H]1C. The molecule has 4 rings (SSSR count). The number of rotatable bonds is 8. The zero-order valence-corrected chi connectivity index (χ0v) is 30.8. The number of aryl methyl sites for hydroxylation is 2. The number of sulfonamides is 1. The second kappa shape index (κ2) is 17.1. The summed E-state index contributed by atoms with van der Waals surface area (Å²) in [6, 6.07) is 7.03. The van der Waals surface area contributed by atoms with E-state index in [-0.39, 0.29) is 64.8 Å². The molecule has 286 valence electrons. The van der Waals surface area contributed by atoms with Gasteiger partial charge in [-0.2, -0.15) is 17.5 Å². The number of hydrogen-bond donors (Lipinski definition) is 3. The van der Waals surface area contributed by atoms with Crippen molar-refractivity contribution in [2.24, 2.45) is 5.92 Å². The molecule has 0 spiro atoms. The Hall–Kier alpha value is -4.19. The van der Waals surface area contributed by atoms with Crippen molar-refractivity contribution in [3.8, 4) is 5.75 Å². The van der Waals surface area contributed by atoms with Crippen LogP contribution in [0, 0.1) is 19.8 Å². The van der Waals surface area contributed by atoms with Gasteiger partial charge in [-0.3, -0.25) is 4.79 Å². The molecular formula is C35H46F3N5O8S. The van der Waals surface area contributed by atoms with Crippen LogP contribution in [-0.4, -0.2) is 91.4 Å². The number of hydrogen-bond acceptors (Lipinski definition) is 9. The number of carbonyl (C=O) groups is 2. The highest BCUT2D eigenvalue weighted by molar-refractivity contribution is 7.89. The molecular weight excluding hydrogens is 707 g/mol. The fraction of sp³-hybridized carbons (Fsp3) is 0.514. The van der Waals surface area contributed by atoms with E-state index in [4.69, 9.17) is 14.0 Å². The molecule has 13 nitrogen and oxygen atoms in total. The molecule has 0 aliphatic carbocycles. The number of aliphatic hydroxyl groups excluding tert-OH is 1. The van der Waals surface area contributed by atoms with Crippen molar-refractivity contribution in [1.82, 2.24) is 14.4 Å². The monoisotopic (exact) mass is 753 g/mol. The van der Waals surface area contributed by atoms with Crippen LogP contribution in [0.5, 0.6) is 5.75 Å². The van der Waals surface area contributed by atoms with E-state index < -0.39 is 51.8 Å². The third kappa shape index (κ3) is 10.0. The van der Waals surface area contributed by atoms with Gasteiger partial charge >= 0.3 is 12.2 Å². The lowest BCUT2D eigenvalue weighted by atomic mass is 10.0. The van der Waals surface area contributed by atoms with E-state index >= 15 is 0 Å². The van der Waals surface area contributed by atoms with Gasteiger partial charge in [0, 0.05) is 44.0 Å². The molecule has 1 aliphatic heterocycles. The van der Waals surface area contributed by atoms with Crippen molar-refractivity contribution >= 4 is 33.3 Å².